The van der Waals surface area contributed by atoms with Crippen molar-refractivity contribution in [3.63, 3.8) is 0 Å². The number of anilines is 4. The number of nitrogens with one attached hydrogen (secondary N) is 1. The molecule has 12 nitrogen and oxygen atoms in total. The number of halogens is 4. The summed E-state index contributed by atoms with van der Waals surface area (Å²) in [5.41, 5.74) is 3.21. The smallest absolute Gasteiger partial charge is 0.416 e. The number of carbonyl (C=O) groups is 1. The lowest BCUT2D eigenvalue weighted by atomic mass is 10.0. The molecule has 5 heterocycles. The maximum Gasteiger partial charge on any atom is 0.416 e. The molecular weight excluding hydrogens is 665 g/mol. The van der Waals surface area contributed by atoms with Gasteiger partial charge < -0.3 is 29.7 Å². The molecule has 2 N–H and O–H groups in total. The number of aryl methyl sites for hydroxylation is 1. The van der Waals surface area contributed by atoms with E-state index in [1.807, 2.05) is 19.1 Å². The number of hydrogen-bond donors (Lipinski definition) is 2. The Bertz CT molecular complexity index is 1730. The predicted molar refractivity (Wildman–Crippen MR) is 180 cm³/mol. The Morgan fingerprint density at radius 3 is 2.41 bits per heavy atom. The largest absolute Gasteiger partial charge is 0.476 e. The number of piperazine rings is 1. The molecule has 0 aliphatic carbocycles. The van der Waals surface area contributed by atoms with E-state index in [2.05, 4.69) is 35.2 Å². The fourth-order valence-electron chi connectivity index (χ4n) is 5.64. The Morgan fingerprint density at radius 2 is 1.71 bits per heavy atom. The van der Waals surface area contributed by atoms with Crippen LogP contribution < -0.4 is 19.9 Å². The van der Waals surface area contributed by atoms with Crippen molar-refractivity contribution < 1.29 is 32.5 Å². The molecule has 16 heteroatoms. The monoisotopic (exact) mass is 700 g/mol. The van der Waals surface area contributed by atoms with Gasteiger partial charge in [-0.1, -0.05) is 6.07 Å². The minimum Gasteiger partial charge on any atom is -0.476 e. The average Bonchev–Trinajstić information content (AvgIpc) is 3.10. The summed E-state index contributed by atoms with van der Waals surface area (Å²) >= 11 is 0. The van der Waals surface area contributed by atoms with Crippen molar-refractivity contribution in [3.05, 3.63) is 77.9 Å². The first kappa shape index (κ1) is 35.6. The van der Waals surface area contributed by atoms with E-state index in [1.165, 1.54) is 12.1 Å². The van der Waals surface area contributed by atoms with E-state index in [1.54, 1.807) is 24.5 Å². The number of aromatic carboxylic acids is 1. The van der Waals surface area contributed by atoms with Crippen molar-refractivity contribution in [1.82, 2.24) is 25.1 Å². The Hall–Kier alpha value is -4.73. The number of aromatic nitrogens is 4. The highest BCUT2D eigenvalue weighted by molar-refractivity contribution is 5.85. The van der Waals surface area contributed by atoms with Crippen LogP contribution in [-0.4, -0.2) is 102 Å². The van der Waals surface area contributed by atoms with E-state index < -0.39 is 17.7 Å². The lowest BCUT2D eigenvalue weighted by Crippen LogP contribution is -2.47. The number of morpholine rings is 1. The second-order valence-electron chi connectivity index (χ2n) is 11.5. The summed E-state index contributed by atoms with van der Waals surface area (Å²) in [5, 5.41) is 19.9. The van der Waals surface area contributed by atoms with Gasteiger partial charge in [-0.15, -0.1) is 22.6 Å². The lowest BCUT2D eigenvalue weighted by Gasteiger charge is -2.35. The quantitative estimate of drug-likeness (QED) is 0.227. The van der Waals surface area contributed by atoms with Crippen LogP contribution in [0.3, 0.4) is 0 Å². The van der Waals surface area contributed by atoms with Crippen LogP contribution in [0.1, 0.15) is 21.7 Å². The Balaban J connectivity index is 0.00000468. The fourth-order valence-corrected chi connectivity index (χ4v) is 5.64. The third kappa shape index (κ3) is 8.85. The number of hydrogen-bond acceptors (Lipinski definition) is 11. The van der Waals surface area contributed by atoms with Gasteiger partial charge in [0.2, 0.25) is 5.88 Å². The second-order valence-corrected chi connectivity index (χ2v) is 11.5. The van der Waals surface area contributed by atoms with E-state index in [-0.39, 0.29) is 18.1 Å². The van der Waals surface area contributed by atoms with Crippen molar-refractivity contribution in [1.29, 1.82) is 0 Å². The Morgan fingerprint density at radius 1 is 0.939 bits per heavy atom. The van der Waals surface area contributed by atoms with Crippen molar-refractivity contribution in [2.24, 2.45) is 0 Å². The fraction of sp³-hybridized carbons (Fsp3) is 0.364. The zero-order valence-corrected chi connectivity index (χ0v) is 27.5. The molecule has 0 bridgehead atoms. The van der Waals surface area contributed by atoms with Gasteiger partial charge in [-0.05, 0) is 49.4 Å². The molecule has 3 aromatic heterocycles. The van der Waals surface area contributed by atoms with Crippen molar-refractivity contribution in [2.75, 3.05) is 80.8 Å². The van der Waals surface area contributed by atoms with E-state index in [4.69, 9.17) is 19.6 Å². The van der Waals surface area contributed by atoms with Crippen LogP contribution in [0.5, 0.6) is 5.88 Å². The first-order valence-corrected chi connectivity index (χ1v) is 15.6. The third-order valence-electron chi connectivity index (χ3n) is 8.27. The summed E-state index contributed by atoms with van der Waals surface area (Å²) in [4.78, 5) is 26.8. The highest BCUT2D eigenvalue weighted by Gasteiger charge is 2.30. The summed E-state index contributed by atoms with van der Waals surface area (Å²) in [7, 11) is 0. The van der Waals surface area contributed by atoms with E-state index in [9.17, 15) is 18.0 Å². The molecule has 0 amide bonds. The van der Waals surface area contributed by atoms with Crippen LogP contribution >= 0.6 is 12.4 Å². The molecule has 2 fully saturated rings. The Labute approximate surface area is 287 Å². The molecule has 4 aromatic rings. The minimum atomic E-state index is -4.44. The average molecular weight is 701 g/mol. The molecule has 0 saturated carbocycles. The van der Waals surface area contributed by atoms with Gasteiger partial charge in [0.05, 0.1) is 30.7 Å². The predicted octanol–water partition coefficient (Wildman–Crippen LogP) is 5.16. The van der Waals surface area contributed by atoms with Crippen LogP contribution in [0.4, 0.5) is 36.1 Å². The van der Waals surface area contributed by atoms with Gasteiger partial charge in [-0.3, -0.25) is 9.88 Å². The summed E-state index contributed by atoms with van der Waals surface area (Å²) in [6, 6.07) is 12.1. The number of carboxylic acid groups (broad SMARTS) is 1. The van der Waals surface area contributed by atoms with E-state index >= 15 is 0 Å². The lowest BCUT2D eigenvalue weighted by molar-refractivity contribution is -0.137. The number of nitrogens with zero attached hydrogens (tertiary/aromatic N) is 7. The summed E-state index contributed by atoms with van der Waals surface area (Å²) < 4.78 is 51.6. The van der Waals surface area contributed by atoms with Crippen LogP contribution in [0.15, 0.2) is 60.9 Å². The van der Waals surface area contributed by atoms with Gasteiger partial charge in [0.15, 0.2) is 11.5 Å². The molecule has 49 heavy (non-hydrogen) atoms. The van der Waals surface area contributed by atoms with Gasteiger partial charge in [0.25, 0.3) is 0 Å². The summed E-state index contributed by atoms with van der Waals surface area (Å²) in [6.07, 6.45) is -1.12. The number of benzene rings is 1. The molecule has 2 aliphatic heterocycles. The van der Waals surface area contributed by atoms with Crippen LogP contribution in [0.25, 0.3) is 11.1 Å². The van der Waals surface area contributed by atoms with Crippen molar-refractivity contribution in [3.8, 4) is 17.0 Å². The molecule has 0 radical (unpaired) electrons. The topological polar surface area (TPSA) is 129 Å². The molecular formula is C33H36ClF3N8O4. The van der Waals surface area contributed by atoms with Gasteiger partial charge in [-0.25, -0.2) is 9.78 Å². The SMILES string of the molecule is Cc1ncc(Nc2cccc(C(F)(F)F)c2)cc1-c1cnc(OCCN2CCN(c3ccc(C(=O)O)nn3)CC2)c(N2CCOCC2)c1.Cl. The zero-order chi connectivity index (χ0) is 33.7. The number of carboxylic acids is 1. The summed E-state index contributed by atoms with van der Waals surface area (Å²) in [5.74, 6) is 0.0561. The first-order valence-electron chi connectivity index (χ1n) is 15.6. The van der Waals surface area contributed by atoms with Gasteiger partial charge in [0, 0.05) is 74.5 Å². The molecule has 260 valence electrons. The normalized spacial score (nSPS) is 15.4. The number of ether oxygens (including phenoxy) is 2. The van der Waals surface area contributed by atoms with E-state index in [0.29, 0.717) is 62.5 Å². The molecule has 1 aromatic carbocycles. The minimum absolute atomic E-state index is 0. The molecule has 2 aliphatic rings. The van der Waals surface area contributed by atoms with Gasteiger partial charge >= 0.3 is 12.1 Å². The van der Waals surface area contributed by atoms with Crippen molar-refractivity contribution in [2.45, 2.75) is 13.1 Å². The molecule has 2 saturated heterocycles. The zero-order valence-electron chi connectivity index (χ0n) is 26.7. The maximum atomic E-state index is 13.3. The third-order valence-corrected chi connectivity index (χ3v) is 8.27. The number of pyridine rings is 2. The van der Waals surface area contributed by atoms with Crippen LogP contribution in [0.2, 0.25) is 0 Å². The highest BCUT2D eigenvalue weighted by Crippen LogP contribution is 2.35. The maximum absolute atomic E-state index is 13.3. The van der Waals surface area contributed by atoms with E-state index in [0.717, 1.165) is 60.8 Å². The standard InChI is InChI=1S/C33H35F3N8O4.ClH/c1-22-27(19-26(21-37-22)39-25-4-2-3-24(18-25)33(34,35)36)23-17-29(43-12-14-47-15-13-43)31(38-20-23)48-16-11-42-7-9-44(10-8-42)30-6-5-28(32(45)46)40-41-30;/h2-6,17-21,39H,7-16H2,1H3,(H,45,46);1H. The van der Waals surface area contributed by atoms with Gasteiger partial charge in [-0.2, -0.15) is 13.2 Å². The van der Waals surface area contributed by atoms with Crippen LogP contribution in [0, 0.1) is 6.92 Å². The molecule has 6 rings (SSSR count). The Kier molecular flexibility index (Phi) is 11.4. The molecule has 0 unspecified atom stereocenters. The van der Waals surface area contributed by atoms with Crippen molar-refractivity contribution >= 4 is 41.3 Å². The molecule has 0 atom stereocenters. The van der Waals surface area contributed by atoms with Crippen LogP contribution in [-0.2, 0) is 10.9 Å². The van der Waals surface area contributed by atoms with Gasteiger partial charge in [0.1, 0.15) is 12.3 Å². The number of rotatable bonds is 10. The summed E-state index contributed by atoms with van der Waals surface area (Å²) in [6.45, 7) is 8.51. The highest BCUT2D eigenvalue weighted by atomic mass is 35.5. The second kappa shape index (κ2) is 15.7. The number of alkyl halides is 3. The first-order chi connectivity index (χ1) is 23.1. The molecule has 0 spiro atoms.